The summed E-state index contributed by atoms with van der Waals surface area (Å²) in [5, 5.41) is 10.2. The summed E-state index contributed by atoms with van der Waals surface area (Å²) in [5.41, 5.74) is 0. The van der Waals surface area contributed by atoms with Crippen molar-refractivity contribution in [1.82, 2.24) is 4.90 Å². The molecule has 0 aliphatic carbocycles. The van der Waals surface area contributed by atoms with Gasteiger partial charge in [0.15, 0.2) is 9.84 Å². The van der Waals surface area contributed by atoms with E-state index in [-0.39, 0.29) is 5.75 Å². The van der Waals surface area contributed by atoms with Crippen LogP contribution in [0.2, 0.25) is 0 Å². The fourth-order valence-electron chi connectivity index (χ4n) is 1.77. The summed E-state index contributed by atoms with van der Waals surface area (Å²) in [7, 11) is -3.59. The molecule has 1 atom stereocenters. The maximum absolute atomic E-state index is 12.0. The van der Waals surface area contributed by atoms with Gasteiger partial charge in [-0.2, -0.15) is 0 Å². The van der Waals surface area contributed by atoms with E-state index in [4.69, 9.17) is 0 Å². The smallest absolute Gasteiger partial charge is 0.209 e. The summed E-state index contributed by atoms with van der Waals surface area (Å²) in [6, 6.07) is 0. The Hall–Kier alpha value is -1.14. The topological polar surface area (TPSA) is 70.0 Å². The minimum atomic E-state index is -3.59. The highest BCUT2D eigenvalue weighted by Gasteiger charge is 2.40. The van der Waals surface area contributed by atoms with Crippen LogP contribution in [0, 0.1) is 0 Å². The summed E-state index contributed by atoms with van der Waals surface area (Å²) in [5.74, 6) is 0.479. The lowest BCUT2D eigenvalue weighted by atomic mass is 10.2. The number of sulfone groups is 1. The average Bonchev–Trinajstić information content (AvgIpc) is 2.73. The van der Waals surface area contributed by atoms with Crippen LogP contribution >= 0.6 is 0 Å². The molecule has 6 heteroatoms. The zero-order valence-corrected chi connectivity index (χ0v) is 10.5. The van der Waals surface area contributed by atoms with Crippen LogP contribution in [0.5, 0.6) is 0 Å². The molecule has 0 saturated carbocycles. The summed E-state index contributed by atoms with van der Waals surface area (Å²) in [4.78, 5) is 3.91. The first-order valence-corrected chi connectivity index (χ1v) is 7.30. The van der Waals surface area contributed by atoms with Crippen LogP contribution in [0.3, 0.4) is 0 Å². The highest BCUT2D eigenvalue weighted by molar-refractivity contribution is 7.92. The van der Waals surface area contributed by atoms with Gasteiger partial charge in [0.25, 0.3) is 0 Å². The largest absolute Gasteiger partial charge is 0.368 e. The van der Waals surface area contributed by atoms with Gasteiger partial charge in [-0.25, -0.2) is 13.4 Å². The first-order valence-electron chi connectivity index (χ1n) is 5.64. The third-order valence-corrected chi connectivity index (χ3v) is 4.97. The molecule has 1 N–H and O–H groups in total. The second kappa shape index (κ2) is 4.27. The van der Waals surface area contributed by atoms with Gasteiger partial charge >= 0.3 is 0 Å². The SMILES string of the molecule is CCCCS(=O)(=O)C1(O)C=CN2CC=NC2=C1. The van der Waals surface area contributed by atoms with E-state index in [1.54, 1.807) is 17.3 Å². The maximum Gasteiger partial charge on any atom is 0.209 e. The predicted octanol–water partition coefficient (Wildman–Crippen LogP) is 0.645. The van der Waals surface area contributed by atoms with Crippen molar-refractivity contribution in [3.8, 4) is 0 Å². The van der Waals surface area contributed by atoms with Crippen LogP contribution in [0.15, 0.2) is 29.2 Å². The normalized spacial score (nSPS) is 27.2. The molecular formula is C11H16N2O3S. The van der Waals surface area contributed by atoms with Crippen LogP contribution in [0.25, 0.3) is 0 Å². The van der Waals surface area contributed by atoms with E-state index in [1.165, 1.54) is 12.2 Å². The molecule has 5 nitrogen and oxygen atoms in total. The fraction of sp³-hybridized carbons (Fsp3) is 0.545. The molecule has 0 fully saturated rings. The number of aliphatic imine (C=N–C) groups is 1. The van der Waals surface area contributed by atoms with Crippen molar-refractivity contribution in [3.63, 3.8) is 0 Å². The molecule has 0 amide bonds. The fourth-order valence-corrected chi connectivity index (χ4v) is 3.32. The predicted molar refractivity (Wildman–Crippen MR) is 66.1 cm³/mol. The van der Waals surface area contributed by atoms with Gasteiger partial charge in [-0.05, 0) is 12.5 Å². The highest BCUT2D eigenvalue weighted by Crippen LogP contribution is 2.29. The number of hydrogen-bond acceptors (Lipinski definition) is 5. The van der Waals surface area contributed by atoms with Crippen molar-refractivity contribution in [1.29, 1.82) is 0 Å². The van der Waals surface area contributed by atoms with Gasteiger partial charge in [-0.15, -0.1) is 0 Å². The van der Waals surface area contributed by atoms with Gasteiger partial charge < -0.3 is 10.0 Å². The van der Waals surface area contributed by atoms with Crippen LogP contribution in [-0.4, -0.2) is 41.9 Å². The van der Waals surface area contributed by atoms with Crippen LogP contribution in [0.4, 0.5) is 0 Å². The van der Waals surface area contributed by atoms with E-state index in [1.807, 2.05) is 6.92 Å². The van der Waals surface area contributed by atoms with Crippen molar-refractivity contribution in [2.75, 3.05) is 12.3 Å². The van der Waals surface area contributed by atoms with E-state index in [9.17, 15) is 13.5 Å². The Balaban J connectivity index is 2.28. The first-order chi connectivity index (χ1) is 7.98. The van der Waals surface area contributed by atoms with Crippen molar-refractivity contribution >= 4 is 16.1 Å². The Morgan fingerprint density at radius 1 is 1.59 bits per heavy atom. The van der Waals surface area contributed by atoms with E-state index >= 15 is 0 Å². The second-order valence-electron chi connectivity index (χ2n) is 4.21. The lowest BCUT2D eigenvalue weighted by Gasteiger charge is -2.27. The van der Waals surface area contributed by atoms with Crippen molar-refractivity contribution in [2.24, 2.45) is 4.99 Å². The lowest BCUT2D eigenvalue weighted by Crippen LogP contribution is -2.39. The minimum absolute atomic E-state index is 0.0160. The molecule has 0 aromatic rings. The zero-order valence-electron chi connectivity index (χ0n) is 9.70. The Morgan fingerprint density at radius 3 is 3.06 bits per heavy atom. The van der Waals surface area contributed by atoms with Gasteiger partial charge in [0.2, 0.25) is 4.93 Å². The molecule has 0 saturated heterocycles. The van der Waals surface area contributed by atoms with Crippen molar-refractivity contribution in [2.45, 2.75) is 24.7 Å². The van der Waals surface area contributed by atoms with E-state index < -0.39 is 14.8 Å². The third-order valence-electron chi connectivity index (χ3n) is 2.89. The van der Waals surface area contributed by atoms with Gasteiger partial charge in [0, 0.05) is 18.5 Å². The molecule has 0 aromatic carbocycles. The first kappa shape index (κ1) is 12.3. The van der Waals surface area contributed by atoms with Crippen LogP contribution in [-0.2, 0) is 9.84 Å². The molecular weight excluding hydrogens is 240 g/mol. The van der Waals surface area contributed by atoms with Gasteiger partial charge in [-0.3, -0.25) is 0 Å². The summed E-state index contributed by atoms with van der Waals surface area (Å²) >= 11 is 0. The van der Waals surface area contributed by atoms with Crippen LogP contribution in [0.1, 0.15) is 19.8 Å². The molecule has 2 aliphatic rings. The van der Waals surface area contributed by atoms with Gasteiger partial charge in [-0.1, -0.05) is 13.3 Å². The summed E-state index contributed by atoms with van der Waals surface area (Å²) in [6.07, 6.45) is 7.21. The second-order valence-corrected chi connectivity index (χ2v) is 6.50. The highest BCUT2D eigenvalue weighted by atomic mass is 32.2. The Labute approximate surface area is 101 Å². The monoisotopic (exact) mass is 256 g/mol. The molecule has 2 aliphatic heterocycles. The number of nitrogens with zero attached hydrogens (tertiary/aromatic N) is 2. The molecule has 1 unspecified atom stereocenters. The summed E-state index contributed by atoms with van der Waals surface area (Å²) < 4.78 is 24.1. The maximum atomic E-state index is 12.0. The van der Waals surface area contributed by atoms with Crippen molar-refractivity contribution in [3.05, 3.63) is 24.2 Å². The molecule has 0 aromatic heterocycles. The van der Waals surface area contributed by atoms with Crippen LogP contribution < -0.4 is 0 Å². The number of aliphatic hydroxyl groups is 1. The zero-order chi connectivity index (χ0) is 12.5. The lowest BCUT2D eigenvalue weighted by molar-refractivity contribution is 0.213. The molecule has 17 heavy (non-hydrogen) atoms. The molecule has 2 rings (SSSR count). The number of hydrogen-bond donors (Lipinski definition) is 1. The standard InChI is InChI=1S/C11H16N2O3S/c1-2-3-8-17(15,16)11(14)4-6-13-7-5-12-10(13)9-11/h4-6,9,14H,2-3,7-8H2,1H3. The van der Waals surface area contributed by atoms with E-state index in [2.05, 4.69) is 4.99 Å². The van der Waals surface area contributed by atoms with Gasteiger partial charge in [0.1, 0.15) is 5.82 Å². The van der Waals surface area contributed by atoms with E-state index in [0.717, 1.165) is 6.42 Å². The Bertz CT molecular complexity index is 493. The Morgan fingerprint density at radius 2 is 2.35 bits per heavy atom. The van der Waals surface area contributed by atoms with Gasteiger partial charge in [0.05, 0.1) is 12.3 Å². The molecule has 0 bridgehead atoms. The van der Waals surface area contributed by atoms with Crippen molar-refractivity contribution < 1.29 is 13.5 Å². The minimum Gasteiger partial charge on any atom is -0.368 e. The Kier molecular flexibility index (Phi) is 3.09. The quantitative estimate of drug-likeness (QED) is 0.801. The number of unbranched alkanes of at least 4 members (excludes halogenated alkanes) is 1. The summed E-state index contributed by atoms with van der Waals surface area (Å²) in [6.45, 7) is 2.53. The molecule has 2 heterocycles. The van der Waals surface area contributed by atoms with E-state index in [0.29, 0.717) is 18.8 Å². The number of rotatable bonds is 4. The number of fused-ring (bicyclic) bond motifs is 1. The average molecular weight is 256 g/mol. The molecule has 0 radical (unpaired) electrons. The molecule has 0 spiro atoms. The molecule has 94 valence electrons. The third kappa shape index (κ3) is 2.14.